The Balaban J connectivity index is 1.10. The Morgan fingerprint density at radius 3 is 2.04 bits per heavy atom. The summed E-state index contributed by atoms with van der Waals surface area (Å²) in [6, 6.07) is 57.9. The zero-order valence-corrected chi connectivity index (χ0v) is 30.2. The molecule has 2 aromatic heterocycles. The first-order valence-corrected chi connectivity index (χ1v) is 18.4. The standard InChI is InChI=1S/C50H33N3O2/c1-50(2)41-27-22-31(30-51)28-46(41)55-48-39(19-11-20-42(48)50)36-14-6-7-15-37(36)44-29-43(52-49(53-44)34-12-4-3-5-13-34)33-25-23-32(24-26-33)35-17-10-18-40-38-16-8-9-21-45(38)54-47(35)40/h3-29H,1-2H3. The Kier molecular flexibility index (Phi) is 7.47. The highest BCUT2D eigenvalue weighted by Gasteiger charge is 2.36. The molecule has 0 bridgehead atoms. The van der Waals surface area contributed by atoms with Gasteiger partial charge in [0.05, 0.1) is 23.0 Å². The lowest BCUT2D eigenvalue weighted by Crippen LogP contribution is -2.24. The number of nitrogens with zero attached hydrogens (tertiary/aromatic N) is 3. The highest BCUT2D eigenvalue weighted by molar-refractivity contribution is 6.09. The van der Waals surface area contributed by atoms with Crippen LogP contribution >= 0.6 is 0 Å². The third-order valence-corrected chi connectivity index (χ3v) is 10.8. The summed E-state index contributed by atoms with van der Waals surface area (Å²) in [6.45, 7) is 4.42. The summed E-state index contributed by atoms with van der Waals surface area (Å²) in [4.78, 5) is 10.3. The minimum atomic E-state index is -0.341. The van der Waals surface area contributed by atoms with Crippen molar-refractivity contribution in [3.8, 4) is 73.7 Å². The molecule has 0 saturated carbocycles. The molecule has 0 N–H and O–H groups in total. The van der Waals surface area contributed by atoms with Crippen LogP contribution in [-0.4, -0.2) is 9.97 Å². The van der Waals surface area contributed by atoms with E-state index in [0.29, 0.717) is 17.1 Å². The summed E-state index contributed by atoms with van der Waals surface area (Å²) in [7, 11) is 0. The topological polar surface area (TPSA) is 71.9 Å². The molecule has 1 aliphatic rings. The van der Waals surface area contributed by atoms with Gasteiger partial charge in [0.15, 0.2) is 5.82 Å². The van der Waals surface area contributed by atoms with Crippen molar-refractivity contribution in [3.05, 3.63) is 180 Å². The average molecular weight is 708 g/mol. The smallest absolute Gasteiger partial charge is 0.160 e. The van der Waals surface area contributed by atoms with Crippen LogP contribution in [0.3, 0.4) is 0 Å². The van der Waals surface area contributed by atoms with Crippen molar-refractivity contribution in [3.63, 3.8) is 0 Å². The van der Waals surface area contributed by atoms with Crippen molar-refractivity contribution in [2.24, 2.45) is 0 Å². The fourth-order valence-corrected chi connectivity index (χ4v) is 7.98. The van der Waals surface area contributed by atoms with Gasteiger partial charge in [-0.3, -0.25) is 0 Å². The van der Waals surface area contributed by atoms with Crippen molar-refractivity contribution in [2.45, 2.75) is 19.3 Å². The van der Waals surface area contributed by atoms with E-state index in [1.807, 2.05) is 72.8 Å². The maximum atomic E-state index is 9.68. The summed E-state index contributed by atoms with van der Waals surface area (Å²) >= 11 is 0. The van der Waals surface area contributed by atoms with E-state index in [4.69, 9.17) is 19.1 Å². The van der Waals surface area contributed by atoms with Crippen molar-refractivity contribution >= 4 is 21.9 Å². The Morgan fingerprint density at radius 1 is 0.527 bits per heavy atom. The van der Waals surface area contributed by atoms with E-state index >= 15 is 0 Å². The van der Waals surface area contributed by atoms with Crippen molar-refractivity contribution < 1.29 is 9.15 Å². The molecule has 0 unspecified atom stereocenters. The molecule has 1 aliphatic heterocycles. The van der Waals surface area contributed by atoms with Gasteiger partial charge in [0.25, 0.3) is 0 Å². The third kappa shape index (κ3) is 5.38. The van der Waals surface area contributed by atoms with Gasteiger partial charge >= 0.3 is 0 Å². The van der Waals surface area contributed by atoms with Crippen LogP contribution < -0.4 is 4.74 Å². The zero-order valence-electron chi connectivity index (χ0n) is 30.2. The quantitative estimate of drug-likeness (QED) is 0.178. The van der Waals surface area contributed by atoms with Gasteiger partial charge in [-0.2, -0.15) is 5.26 Å². The lowest BCUT2D eigenvalue weighted by molar-refractivity contribution is 0.419. The average Bonchev–Trinajstić information content (AvgIpc) is 3.63. The predicted molar refractivity (Wildman–Crippen MR) is 220 cm³/mol. The number of benzene rings is 7. The molecule has 0 spiro atoms. The highest BCUT2D eigenvalue weighted by atomic mass is 16.5. The summed E-state index contributed by atoms with van der Waals surface area (Å²) in [5.74, 6) is 2.14. The number of rotatable bonds is 5. The molecular formula is C50H33N3O2. The van der Waals surface area contributed by atoms with Crippen LogP contribution in [0.25, 0.3) is 78.1 Å². The molecule has 0 fully saturated rings. The number of hydrogen-bond donors (Lipinski definition) is 0. The number of fused-ring (bicyclic) bond motifs is 5. The maximum Gasteiger partial charge on any atom is 0.160 e. The van der Waals surface area contributed by atoms with Gasteiger partial charge in [0, 0.05) is 55.1 Å². The molecule has 0 aliphatic carbocycles. The minimum Gasteiger partial charge on any atom is -0.456 e. The molecule has 5 heteroatoms. The monoisotopic (exact) mass is 707 g/mol. The molecule has 55 heavy (non-hydrogen) atoms. The van der Waals surface area contributed by atoms with Gasteiger partial charge in [-0.25, -0.2) is 9.97 Å². The molecule has 9 aromatic rings. The minimum absolute atomic E-state index is 0.341. The molecule has 10 rings (SSSR count). The maximum absolute atomic E-state index is 9.68. The molecule has 3 heterocycles. The molecule has 0 atom stereocenters. The van der Waals surface area contributed by atoms with E-state index in [9.17, 15) is 5.26 Å². The summed E-state index contributed by atoms with van der Waals surface area (Å²) in [5, 5.41) is 11.9. The van der Waals surface area contributed by atoms with E-state index in [2.05, 4.69) is 111 Å². The van der Waals surface area contributed by atoms with Crippen molar-refractivity contribution in [1.29, 1.82) is 5.26 Å². The second-order valence-corrected chi connectivity index (χ2v) is 14.5. The first kappa shape index (κ1) is 32.4. The van der Waals surface area contributed by atoms with Crippen LogP contribution in [0, 0.1) is 11.3 Å². The molecular weight excluding hydrogens is 675 g/mol. The summed E-state index contributed by atoms with van der Waals surface area (Å²) < 4.78 is 13.1. The second kappa shape index (κ2) is 12.7. The van der Waals surface area contributed by atoms with Crippen LogP contribution in [0.4, 0.5) is 0 Å². The second-order valence-electron chi connectivity index (χ2n) is 14.5. The molecule has 5 nitrogen and oxygen atoms in total. The van der Waals surface area contributed by atoms with Gasteiger partial charge < -0.3 is 9.15 Å². The van der Waals surface area contributed by atoms with Gasteiger partial charge in [0.1, 0.15) is 22.7 Å². The van der Waals surface area contributed by atoms with Crippen LogP contribution in [0.2, 0.25) is 0 Å². The summed E-state index contributed by atoms with van der Waals surface area (Å²) in [5.41, 5.74) is 12.7. The van der Waals surface area contributed by atoms with E-state index in [1.54, 1.807) is 0 Å². The molecule has 0 amide bonds. The van der Waals surface area contributed by atoms with Gasteiger partial charge in [-0.1, -0.05) is 153 Å². The first-order chi connectivity index (χ1) is 27.0. The molecule has 0 radical (unpaired) electrons. The van der Waals surface area contributed by atoms with E-state index in [-0.39, 0.29) is 5.41 Å². The van der Waals surface area contributed by atoms with Gasteiger partial charge in [0.2, 0.25) is 0 Å². The van der Waals surface area contributed by atoms with Gasteiger partial charge in [-0.05, 0) is 35.4 Å². The van der Waals surface area contributed by atoms with E-state index in [1.165, 1.54) is 0 Å². The van der Waals surface area contributed by atoms with E-state index in [0.717, 1.165) is 89.1 Å². The third-order valence-electron chi connectivity index (χ3n) is 10.8. The molecule has 7 aromatic carbocycles. The van der Waals surface area contributed by atoms with Crippen LogP contribution in [0.1, 0.15) is 30.5 Å². The highest BCUT2D eigenvalue weighted by Crippen LogP contribution is 2.52. The van der Waals surface area contributed by atoms with Gasteiger partial charge in [-0.15, -0.1) is 0 Å². The van der Waals surface area contributed by atoms with Crippen molar-refractivity contribution in [1.82, 2.24) is 9.97 Å². The van der Waals surface area contributed by atoms with E-state index < -0.39 is 0 Å². The normalized spacial score (nSPS) is 12.8. The molecule has 0 saturated heterocycles. The largest absolute Gasteiger partial charge is 0.456 e. The Bertz CT molecular complexity index is 2990. The zero-order chi connectivity index (χ0) is 37.1. The Hall–Kier alpha value is -7.29. The number of aromatic nitrogens is 2. The van der Waals surface area contributed by atoms with Crippen molar-refractivity contribution in [2.75, 3.05) is 0 Å². The van der Waals surface area contributed by atoms with Crippen LogP contribution in [0.15, 0.2) is 168 Å². The first-order valence-electron chi connectivity index (χ1n) is 18.4. The number of hydrogen-bond acceptors (Lipinski definition) is 5. The van der Waals surface area contributed by atoms with Crippen LogP contribution in [0.5, 0.6) is 11.5 Å². The Labute approximate surface area is 318 Å². The fourth-order valence-electron chi connectivity index (χ4n) is 7.98. The number of furan rings is 1. The predicted octanol–water partition coefficient (Wildman–Crippen LogP) is 13.0. The molecule has 260 valence electrons. The fraction of sp³-hybridized carbons (Fsp3) is 0.0600. The number of ether oxygens (including phenoxy) is 1. The lowest BCUT2D eigenvalue weighted by Gasteiger charge is -2.35. The number of para-hydroxylation sites is 3. The lowest BCUT2D eigenvalue weighted by atomic mass is 9.74. The Morgan fingerprint density at radius 2 is 1.20 bits per heavy atom. The number of nitriles is 1. The SMILES string of the molecule is CC1(C)c2ccc(C#N)cc2Oc2c(-c3ccccc3-c3cc(-c4ccc(-c5cccc6c5oc5ccccc56)cc4)nc(-c4ccccc4)n3)cccc21. The van der Waals surface area contributed by atoms with Crippen LogP contribution in [-0.2, 0) is 5.41 Å². The summed E-state index contributed by atoms with van der Waals surface area (Å²) in [6.07, 6.45) is 0.